The summed E-state index contributed by atoms with van der Waals surface area (Å²) < 4.78 is 0. The molecule has 0 unspecified atom stereocenters. The molecule has 0 amide bonds. The van der Waals surface area contributed by atoms with Crippen LogP contribution in [0.5, 0.6) is 0 Å². The summed E-state index contributed by atoms with van der Waals surface area (Å²) in [5.74, 6) is 0.779. The lowest BCUT2D eigenvalue weighted by molar-refractivity contribution is 0.420. The Hall–Kier alpha value is -1.47. The smallest absolute Gasteiger partial charge is 0.0426 e. The topological polar surface area (TPSA) is 26.0 Å². The van der Waals surface area contributed by atoms with Gasteiger partial charge in [0.25, 0.3) is 0 Å². The van der Waals surface area contributed by atoms with E-state index in [0.717, 1.165) is 22.7 Å². The molecule has 2 aromatic rings. The van der Waals surface area contributed by atoms with E-state index in [0.29, 0.717) is 5.02 Å². The fourth-order valence-electron chi connectivity index (χ4n) is 2.47. The van der Waals surface area contributed by atoms with E-state index in [4.69, 9.17) is 17.3 Å². The molecule has 1 aliphatic carbocycles. The maximum absolute atomic E-state index is 6.00. The largest absolute Gasteiger partial charge is 0.398 e. The Kier molecular flexibility index (Phi) is 3.00. The molecule has 0 atom stereocenters. The van der Waals surface area contributed by atoms with Gasteiger partial charge in [-0.05, 0) is 42.0 Å². The molecule has 0 heterocycles. The minimum absolute atomic E-state index is 0.683. The van der Waals surface area contributed by atoms with E-state index < -0.39 is 0 Å². The van der Waals surface area contributed by atoms with Crippen molar-refractivity contribution in [2.45, 2.75) is 25.2 Å². The van der Waals surface area contributed by atoms with Crippen LogP contribution in [0.4, 0.5) is 5.69 Å². The van der Waals surface area contributed by atoms with Crippen molar-refractivity contribution >= 4 is 17.3 Å². The van der Waals surface area contributed by atoms with Crippen molar-refractivity contribution in [2.24, 2.45) is 0 Å². The molecule has 2 aromatic carbocycles. The van der Waals surface area contributed by atoms with Crippen molar-refractivity contribution in [3.63, 3.8) is 0 Å². The Labute approximate surface area is 113 Å². The van der Waals surface area contributed by atoms with Gasteiger partial charge in [-0.25, -0.2) is 0 Å². The molecule has 0 spiro atoms. The van der Waals surface area contributed by atoms with E-state index in [9.17, 15) is 0 Å². The first-order chi connectivity index (χ1) is 8.74. The van der Waals surface area contributed by atoms with Gasteiger partial charge < -0.3 is 5.73 Å². The molecule has 0 bridgehead atoms. The fourth-order valence-corrected chi connectivity index (χ4v) is 2.65. The molecule has 0 aliphatic heterocycles. The number of nitrogen functional groups attached to an aromatic ring is 1. The van der Waals surface area contributed by atoms with Crippen LogP contribution < -0.4 is 5.73 Å². The van der Waals surface area contributed by atoms with Crippen LogP contribution in [-0.4, -0.2) is 0 Å². The Bertz CT molecular complexity index is 556. The van der Waals surface area contributed by atoms with E-state index in [-0.39, 0.29) is 0 Å². The maximum Gasteiger partial charge on any atom is 0.0426 e. The molecule has 1 fully saturated rings. The van der Waals surface area contributed by atoms with E-state index in [2.05, 4.69) is 24.3 Å². The molecular formula is C16H16ClN. The van der Waals surface area contributed by atoms with Crippen LogP contribution in [0.2, 0.25) is 5.02 Å². The van der Waals surface area contributed by atoms with Crippen LogP contribution in [0, 0.1) is 0 Å². The number of halogens is 1. The minimum atomic E-state index is 0.683. The Morgan fingerprint density at radius 2 is 1.72 bits per heavy atom. The van der Waals surface area contributed by atoms with Crippen LogP contribution in [0.3, 0.4) is 0 Å². The molecule has 2 heteroatoms. The van der Waals surface area contributed by atoms with Crippen molar-refractivity contribution in [1.82, 2.24) is 0 Å². The fraction of sp³-hybridized carbons (Fsp3) is 0.250. The average molecular weight is 258 g/mol. The molecule has 1 nitrogen and oxygen atoms in total. The van der Waals surface area contributed by atoms with Crippen molar-refractivity contribution in [1.29, 1.82) is 0 Å². The second-order valence-electron chi connectivity index (χ2n) is 4.98. The lowest BCUT2D eigenvalue weighted by Gasteiger charge is -2.25. The predicted octanol–water partition coefficient (Wildman–Crippen LogP) is 4.86. The first kappa shape index (κ1) is 11.6. The molecule has 18 heavy (non-hydrogen) atoms. The normalized spacial score (nSPS) is 15.4. The van der Waals surface area contributed by atoms with Crippen molar-refractivity contribution in [3.8, 4) is 11.1 Å². The maximum atomic E-state index is 6.00. The SMILES string of the molecule is Nc1cc(Cl)ccc1-c1ccc(C2CCC2)cc1. The zero-order chi connectivity index (χ0) is 12.5. The standard InChI is InChI=1S/C16H16ClN/c17-14-8-9-15(16(18)10-14)13-6-4-12(5-7-13)11-2-1-3-11/h4-11H,1-3,18H2. The predicted molar refractivity (Wildman–Crippen MR) is 77.9 cm³/mol. The summed E-state index contributed by atoms with van der Waals surface area (Å²) in [4.78, 5) is 0. The molecule has 1 aliphatic rings. The highest BCUT2D eigenvalue weighted by molar-refractivity contribution is 6.31. The highest BCUT2D eigenvalue weighted by atomic mass is 35.5. The minimum Gasteiger partial charge on any atom is -0.398 e. The number of anilines is 1. The van der Waals surface area contributed by atoms with Crippen LogP contribution in [0.25, 0.3) is 11.1 Å². The van der Waals surface area contributed by atoms with Crippen LogP contribution in [0.15, 0.2) is 42.5 Å². The van der Waals surface area contributed by atoms with Gasteiger partial charge in [0.1, 0.15) is 0 Å². The molecule has 0 saturated heterocycles. The van der Waals surface area contributed by atoms with Gasteiger partial charge in [-0.15, -0.1) is 0 Å². The highest BCUT2D eigenvalue weighted by Gasteiger charge is 2.19. The van der Waals surface area contributed by atoms with Gasteiger partial charge in [0.15, 0.2) is 0 Å². The Balaban J connectivity index is 1.91. The van der Waals surface area contributed by atoms with Crippen molar-refractivity contribution in [2.75, 3.05) is 5.73 Å². The number of nitrogens with two attached hydrogens (primary N) is 1. The molecule has 0 aromatic heterocycles. The second-order valence-corrected chi connectivity index (χ2v) is 5.42. The van der Waals surface area contributed by atoms with Gasteiger partial charge in [-0.2, -0.15) is 0 Å². The van der Waals surface area contributed by atoms with Gasteiger partial charge in [-0.3, -0.25) is 0 Å². The number of hydrogen-bond acceptors (Lipinski definition) is 1. The quantitative estimate of drug-likeness (QED) is 0.764. The third kappa shape index (κ3) is 2.11. The summed E-state index contributed by atoms with van der Waals surface area (Å²) >= 11 is 5.92. The Morgan fingerprint density at radius 3 is 2.28 bits per heavy atom. The van der Waals surface area contributed by atoms with Gasteiger partial charge >= 0.3 is 0 Å². The summed E-state index contributed by atoms with van der Waals surface area (Å²) in [6.07, 6.45) is 4.04. The van der Waals surface area contributed by atoms with Gasteiger partial charge in [-0.1, -0.05) is 48.4 Å². The molecule has 0 radical (unpaired) electrons. The first-order valence-electron chi connectivity index (χ1n) is 6.39. The summed E-state index contributed by atoms with van der Waals surface area (Å²) in [6.45, 7) is 0. The monoisotopic (exact) mass is 257 g/mol. The first-order valence-corrected chi connectivity index (χ1v) is 6.77. The lowest BCUT2D eigenvalue weighted by atomic mass is 9.80. The molecule has 92 valence electrons. The zero-order valence-electron chi connectivity index (χ0n) is 10.2. The van der Waals surface area contributed by atoms with Crippen LogP contribution in [-0.2, 0) is 0 Å². The highest BCUT2D eigenvalue weighted by Crippen LogP contribution is 2.37. The number of rotatable bonds is 2. The average Bonchev–Trinajstić information content (AvgIpc) is 2.28. The van der Waals surface area contributed by atoms with Gasteiger partial charge in [0, 0.05) is 16.3 Å². The third-order valence-electron chi connectivity index (χ3n) is 3.81. The Morgan fingerprint density at radius 1 is 1.00 bits per heavy atom. The van der Waals surface area contributed by atoms with Crippen LogP contribution >= 0.6 is 11.6 Å². The van der Waals surface area contributed by atoms with Gasteiger partial charge in [0.05, 0.1) is 0 Å². The molecule has 3 rings (SSSR count). The summed E-state index contributed by atoms with van der Waals surface area (Å²) in [5.41, 5.74) is 10.4. The molecule has 2 N–H and O–H groups in total. The van der Waals surface area contributed by atoms with Gasteiger partial charge in [0.2, 0.25) is 0 Å². The van der Waals surface area contributed by atoms with Crippen molar-refractivity contribution in [3.05, 3.63) is 53.1 Å². The zero-order valence-corrected chi connectivity index (χ0v) is 11.0. The second kappa shape index (κ2) is 4.66. The van der Waals surface area contributed by atoms with E-state index in [1.807, 2.05) is 12.1 Å². The van der Waals surface area contributed by atoms with E-state index >= 15 is 0 Å². The van der Waals surface area contributed by atoms with E-state index in [1.165, 1.54) is 24.8 Å². The van der Waals surface area contributed by atoms with Crippen molar-refractivity contribution < 1.29 is 0 Å². The number of hydrogen-bond donors (Lipinski definition) is 1. The van der Waals surface area contributed by atoms with Crippen LogP contribution in [0.1, 0.15) is 30.7 Å². The summed E-state index contributed by atoms with van der Waals surface area (Å²) in [7, 11) is 0. The molecular weight excluding hydrogens is 242 g/mol. The molecule has 1 saturated carbocycles. The van der Waals surface area contributed by atoms with E-state index in [1.54, 1.807) is 6.07 Å². The summed E-state index contributed by atoms with van der Waals surface area (Å²) in [6, 6.07) is 14.4. The lowest BCUT2D eigenvalue weighted by Crippen LogP contribution is -2.08. The summed E-state index contributed by atoms with van der Waals surface area (Å²) in [5, 5.41) is 0.683. The third-order valence-corrected chi connectivity index (χ3v) is 4.05. The number of benzene rings is 2.